The number of aromatic amines is 1. The molecule has 1 unspecified atom stereocenters. The van der Waals surface area contributed by atoms with Crippen LogP contribution in [-0.4, -0.2) is 82.7 Å². The Kier molecular flexibility index (Phi) is 5.89. The van der Waals surface area contributed by atoms with Gasteiger partial charge in [-0.05, 0) is 37.8 Å². The van der Waals surface area contributed by atoms with Crippen LogP contribution in [0.3, 0.4) is 0 Å². The summed E-state index contributed by atoms with van der Waals surface area (Å²) in [5.41, 5.74) is 2.24. The van der Waals surface area contributed by atoms with Crippen molar-refractivity contribution in [3.63, 3.8) is 0 Å². The van der Waals surface area contributed by atoms with Crippen molar-refractivity contribution < 1.29 is 19.0 Å². The molecular formula is C26H31N7O4. The number of anilines is 1. The maximum Gasteiger partial charge on any atom is 0.319 e. The van der Waals surface area contributed by atoms with Gasteiger partial charge in [0.15, 0.2) is 5.65 Å². The van der Waals surface area contributed by atoms with Crippen LogP contribution in [0.4, 0.5) is 5.82 Å². The van der Waals surface area contributed by atoms with Gasteiger partial charge in [0.05, 0.1) is 19.3 Å². The van der Waals surface area contributed by atoms with Gasteiger partial charge in [0.2, 0.25) is 0 Å². The number of amides is 1. The van der Waals surface area contributed by atoms with Crippen molar-refractivity contribution in [3.05, 3.63) is 35.8 Å². The van der Waals surface area contributed by atoms with Gasteiger partial charge in [-0.15, -0.1) is 0 Å². The Labute approximate surface area is 214 Å². The molecule has 11 nitrogen and oxygen atoms in total. The van der Waals surface area contributed by atoms with Crippen LogP contribution in [-0.2, 0) is 9.47 Å². The maximum atomic E-state index is 13.1. The average Bonchev–Trinajstić information content (AvgIpc) is 3.47. The predicted molar refractivity (Wildman–Crippen MR) is 134 cm³/mol. The Bertz CT molecular complexity index is 1270. The second kappa shape index (κ2) is 9.53. The first-order valence-electron chi connectivity index (χ1n) is 13.3. The number of carbonyl (C=O) groups is 1. The summed E-state index contributed by atoms with van der Waals surface area (Å²) in [7, 11) is 0. The number of rotatable bonds is 7. The van der Waals surface area contributed by atoms with E-state index in [1.807, 2.05) is 6.07 Å². The van der Waals surface area contributed by atoms with Crippen LogP contribution in [0.1, 0.15) is 47.8 Å². The second-order valence-corrected chi connectivity index (χ2v) is 10.5. The van der Waals surface area contributed by atoms with E-state index in [4.69, 9.17) is 19.2 Å². The fourth-order valence-corrected chi connectivity index (χ4v) is 5.96. The molecule has 11 heteroatoms. The smallest absolute Gasteiger partial charge is 0.319 e. The van der Waals surface area contributed by atoms with E-state index in [2.05, 4.69) is 36.4 Å². The van der Waals surface area contributed by atoms with Gasteiger partial charge < -0.3 is 24.4 Å². The van der Waals surface area contributed by atoms with Crippen LogP contribution < -0.4 is 15.0 Å². The molecule has 0 aromatic carbocycles. The highest BCUT2D eigenvalue weighted by Gasteiger charge is 2.54. The summed E-state index contributed by atoms with van der Waals surface area (Å²) in [5, 5.41) is 11.8. The van der Waals surface area contributed by atoms with E-state index in [0.29, 0.717) is 30.1 Å². The summed E-state index contributed by atoms with van der Waals surface area (Å²) in [6.07, 6.45) is 5.69. The molecule has 4 fully saturated rings. The second-order valence-electron chi connectivity index (χ2n) is 10.5. The van der Waals surface area contributed by atoms with Crippen molar-refractivity contribution in [3.8, 4) is 6.01 Å². The average molecular weight is 506 g/mol. The van der Waals surface area contributed by atoms with Gasteiger partial charge >= 0.3 is 6.01 Å². The Morgan fingerprint density at radius 2 is 2.05 bits per heavy atom. The van der Waals surface area contributed by atoms with E-state index in [1.165, 1.54) is 0 Å². The topological polar surface area (TPSA) is 127 Å². The standard InChI is InChI=1S/C26H31N7O4/c34-25(30-23-18-13-35-14-19(18)23)20-11-21(29-26(28-20)37-12-16-3-2-10-36-16)33-8-5-15(6-9-33)22-17-4-1-7-27-24(17)32-31-22/h1,4,7,11,15-16,18-19,23H,2-3,5-6,8-10,12-14H2,(H,30,34)(H,27,31,32)/t16-,18-,19+,23?/m1/s1. The van der Waals surface area contributed by atoms with Crippen LogP contribution in [0.5, 0.6) is 6.01 Å². The first-order chi connectivity index (χ1) is 18.2. The number of aromatic nitrogens is 5. The number of ether oxygens (including phenoxy) is 3. The van der Waals surface area contributed by atoms with Gasteiger partial charge in [-0.1, -0.05) is 0 Å². The van der Waals surface area contributed by atoms with E-state index >= 15 is 0 Å². The zero-order valence-electron chi connectivity index (χ0n) is 20.6. The third kappa shape index (κ3) is 4.50. The number of carbonyl (C=O) groups excluding carboxylic acids is 1. The number of H-pyrrole nitrogens is 1. The van der Waals surface area contributed by atoms with Gasteiger partial charge in [0.25, 0.3) is 5.91 Å². The van der Waals surface area contributed by atoms with Gasteiger partial charge in [-0.3, -0.25) is 9.89 Å². The summed E-state index contributed by atoms with van der Waals surface area (Å²) < 4.78 is 17.1. The quantitative estimate of drug-likeness (QED) is 0.496. The Hall–Kier alpha value is -3.31. The maximum absolute atomic E-state index is 13.1. The molecule has 4 atom stereocenters. The molecule has 37 heavy (non-hydrogen) atoms. The number of hydrogen-bond acceptors (Lipinski definition) is 9. The molecule has 194 valence electrons. The molecule has 1 saturated carbocycles. The molecule has 4 aliphatic rings. The van der Waals surface area contributed by atoms with Crippen molar-refractivity contribution in [2.24, 2.45) is 11.8 Å². The number of nitrogens with one attached hydrogen (secondary N) is 2. The largest absolute Gasteiger partial charge is 0.461 e. The van der Waals surface area contributed by atoms with Crippen molar-refractivity contribution in [1.29, 1.82) is 0 Å². The minimum atomic E-state index is -0.184. The van der Waals surface area contributed by atoms with Crippen LogP contribution in [0, 0.1) is 11.8 Å². The van der Waals surface area contributed by atoms with Crippen molar-refractivity contribution in [1.82, 2.24) is 30.5 Å². The zero-order chi connectivity index (χ0) is 24.8. The highest BCUT2D eigenvalue weighted by atomic mass is 16.5. The molecule has 1 aliphatic carbocycles. The van der Waals surface area contributed by atoms with Crippen molar-refractivity contribution in [2.45, 2.75) is 43.7 Å². The Morgan fingerprint density at radius 3 is 2.86 bits per heavy atom. The van der Waals surface area contributed by atoms with E-state index in [-0.39, 0.29) is 24.1 Å². The lowest BCUT2D eigenvalue weighted by atomic mass is 9.92. The minimum Gasteiger partial charge on any atom is -0.461 e. The SMILES string of the molecule is O=C(NC1[C@H]2COC[C@@H]12)c1cc(N2CCC(c3[nH]nc4ncccc34)CC2)nc(OC[C@H]2CCCO2)n1. The number of pyridine rings is 1. The van der Waals surface area contributed by atoms with Crippen LogP contribution in [0.15, 0.2) is 24.4 Å². The van der Waals surface area contributed by atoms with Crippen molar-refractivity contribution in [2.75, 3.05) is 44.4 Å². The molecule has 6 heterocycles. The Morgan fingerprint density at radius 1 is 1.19 bits per heavy atom. The lowest BCUT2D eigenvalue weighted by Crippen LogP contribution is -2.35. The van der Waals surface area contributed by atoms with Gasteiger partial charge in [-0.25, -0.2) is 4.98 Å². The fraction of sp³-hybridized carbons (Fsp3) is 0.577. The molecule has 3 saturated heterocycles. The van der Waals surface area contributed by atoms with E-state index < -0.39 is 0 Å². The summed E-state index contributed by atoms with van der Waals surface area (Å²) in [6.45, 7) is 4.19. The summed E-state index contributed by atoms with van der Waals surface area (Å²) >= 11 is 0. The third-order valence-electron chi connectivity index (χ3n) is 8.18. The molecule has 0 spiro atoms. The highest BCUT2D eigenvalue weighted by molar-refractivity contribution is 5.93. The fourth-order valence-electron chi connectivity index (χ4n) is 5.96. The van der Waals surface area contributed by atoms with Crippen molar-refractivity contribution >= 4 is 22.8 Å². The lowest BCUT2D eigenvalue weighted by molar-refractivity contribution is 0.0643. The molecule has 3 aromatic heterocycles. The molecule has 2 N–H and O–H groups in total. The van der Waals surface area contributed by atoms with Gasteiger partial charge in [0.1, 0.15) is 18.1 Å². The van der Waals surface area contributed by atoms with Gasteiger partial charge in [-0.2, -0.15) is 15.1 Å². The zero-order valence-corrected chi connectivity index (χ0v) is 20.6. The molecule has 3 aliphatic heterocycles. The monoisotopic (exact) mass is 505 g/mol. The number of fused-ring (bicyclic) bond motifs is 2. The number of piperidine rings is 1. The highest BCUT2D eigenvalue weighted by Crippen LogP contribution is 2.44. The summed E-state index contributed by atoms with van der Waals surface area (Å²) in [5.74, 6) is 1.75. The molecule has 0 radical (unpaired) electrons. The number of nitrogens with zero attached hydrogens (tertiary/aromatic N) is 5. The lowest BCUT2D eigenvalue weighted by Gasteiger charge is -2.32. The Balaban J connectivity index is 1.07. The molecule has 1 amide bonds. The summed E-state index contributed by atoms with van der Waals surface area (Å²) in [6, 6.07) is 6.21. The first kappa shape index (κ1) is 22.9. The molecule has 3 aromatic rings. The molecular weight excluding hydrogens is 474 g/mol. The normalized spacial score (nSPS) is 27.4. The molecule has 7 rings (SSSR count). The van der Waals surface area contributed by atoms with E-state index in [1.54, 1.807) is 12.3 Å². The molecule has 0 bridgehead atoms. The van der Waals surface area contributed by atoms with E-state index in [0.717, 1.165) is 81.1 Å². The van der Waals surface area contributed by atoms with E-state index in [9.17, 15) is 4.79 Å². The number of hydrogen-bond donors (Lipinski definition) is 2. The van der Waals surface area contributed by atoms with Crippen LogP contribution in [0.25, 0.3) is 11.0 Å². The predicted octanol–water partition coefficient (Wildman–Crippen LogP) is 2.06. The van der Waals surface area contributed by atoms with Crippen LogP contribution in [0.2, 0.25) is 0 Å². The van der Waals surface area contributed by atoms with Crippen LogP contribution >= 0.6 is 0 Å². The minimum absolute atomic E-state index is 0.0461. The summed E-state index contributed by atoms with van der Waals surface area (Å²) in [4.78, 5) is 28.9. The third-order valence-corrected chi connectivity index (χ3v) is 8.18. The first-order valence-corrected chi connectivity index (χ1v) is 13.3. The van der Waals surface area contributed by atoms with Gasteiger partial charge in [0, 0.05) is 66.8 Å².